The molecule has 1 amide bonds. The van der Waals surface area contributed by atoms with Crippen molar-refractivity contribution in [2.45, 2.75) is 12.1 Å². The minimum atomic E-state index is -0.973. The van der Waals surface area contributed by atoms with Crippen LogP contribution in [0.1, 0.15) is 17.3 Å². The SMILES string of the molecule is CC(=O)c1cccc(NC(=O)CSc2nc3cc(F)c(F)cc3[nH]2)c1. The van der Waals surface area contributed by atoms with Crippen LogP contribution >= 0.6 is 11.8 Å². The Kier molecular flexibility index (Phi) is 4.80. The van der Waals surface area contributed by atoms with E-state index in [0.29, 0.717) is 21.9 Å². The molecule has 1 aromatic heterocycles. The van der Waals surface area contributed by atoms with E-state index in [0.717, 1.165) is 23.9 Å². The van der Waals surface area contributed by atoms with E-state index in [1.54, 1.807) is 24.3 Å². The molecule has 1 heterocycles. The molecular formula is C17H13F2N3O2S. The van der Waals surface area contributed by atoms with Crippen molar-refractivity contribution in [2.24, 2.45) is 0 Å². The molecule has 0 atom stereocenters. The Morgan fingerprint density at radius 1 is 1.20 bits per heavy atom. The van der Waals surface area contributed by atoms with Crippen molar-refractivity contribution in [3.05, 3.63) is 53.6 Å². The van der Waals surface area contributed by atoms with Gasteiger partial charge in [0.15, 0.2) is 22.6 Å². The van der Waals surface area contributed by atoms with Gasteiger partial charge in [-0.3, -0.25) is 9.59 Å². The number of imidazole rings is 1. The highest BCUT2D eigenvalue weighted by molar-refractivity contribution is 7.99. The maximum Gasteiger partial charge on any atom is 0.234 e. The van der Waals surface area contributed by atoms with E-state index in [9.17, 15) is 18.4 Å². The van der Waals surface area contributed by atoms with Crippen LogP contribution in [0, 0.1) is 11.6 Å². The lowest BCUT2D eigenvalue weighted by Gasteiger charge is -2.05. The van der Waals surface area contributed by atoms with Crippen LogP contribution in [0.3, 0.4) is 0 Å². The molecule has 0 fully saturated rings. The number of carbonyl (C=O) groups excluding carboxylic acids is 2. The molecule has 5 nitrogen and oxygen atoms in total. The summed E-state index contributed by atoms with van der Waals surface area (Å²) < 4.78 is 26.4. The maximum absolute atomic E-state index is 13.2. The zero-order chi connectivity index (χ0) is 18.0. The van der Waals surface area contributed by atoms with E-state index in [4.69, 9.17) is 0 Å². The Morgan fingerprint density at radius 2 is 1.96 bits per heavy atom. The van der Waals surface area contributed by atoms with Crippen molar-refractivity contribution in [3.63, 3.8) is 0 Å². The molecule has 25 heavy (non-hydrogen) atoms. The number of carbonyl (C=O) groups is 2. The zero-order valence-corrected chi connectivity index (χ0v) is 13.9. The standard InChI is InChI=1S/C17H13F2N3O2S/c1-9(23)10-3-2-4-11(5-10)20-16(24)8-25-17-21-14-6-12(18)13(19)7-15(14)22-17/h2-7H,8H2,1H3,(H,20,24)(H,21,22). The third-order valence-electron chi connectivity index (χ3n) is 3.40. The molecule has 0 saturated carbocycles. The molecule has 2 aromatic carbocycles. The lowest BCUT2D eigenvalue weighted by molar-refractivity contribution is -0.113. The number of Topliss-reactive ketones (excluding diaryl/α,β-unsaturated/α-hetero) is 1. The largest absolute Gasteiger partial charge is 0.333 e. The number of ketones is 1. The fraction of sp³-hybridized carbons (Fsp3) is 0.118. The van der Waals surface area contributed by atoms with Crippen molar-refractivity contribution >= 4 is 40.2 Å². The molecule has 0 aliphatic heterocycles. The summed E-state index contributed by atoms with van der Waals surface area (Å²) in [5, 5.41) is 3.07. The first-order valence-electron chi connectivity index (χ1n) is 7.31. The van der Waals surface area contributed by atoms with Gasteiger partial charge in [-0.1, -0.05) is 23.9 Å². The number of rotatable bonds is 5. The normalized spacial score (nSPS) is 10.8. The third-order valence-corrected chi connectivity index (χ3v) is 4.27. The number of nitrogens with zero attached hydrogens (tertiary/aromatic N) is 1. The number of hydrogen-bond donors (Lipinski definition) is 2. The molecule has 0 aliphatic carbocycles. The number of H-pyrrole nitrogens is 1. The Bertz CT molecular complexity index is 933. The number of benzene rings is 2. The Hall–Kier alpha value is -2.74. The highest BCUT2D eigenvalue weighted by Crippen LogP contribution is 2.22. The fourth-order valence-electron chi connectivity index (χ4n) is 2.20. The van der Waals surface area contributed by atoms with Crippen molar-refractivity contribution < 1.29 is 18.4 Å². The van der Waals surface area contributed by atoms with Crippen LogP contribution in [0.15, 0.2) is 41.6 Å². The number of thioether (sulfide) groups is 1. The minimum absolute atomic E-state index is 0.0507. The van der Waals surface area contributed by atoms with Crippen LogP contribution in [0.5, 0.6) is 0 Å². The van der Waals surface area contributed by atoms with Gasteiger partial charge in [0.2, 0.25) is 5.91 Å². The quantitative estimate of drug-likeness (QED) is 0.536. The average Bonchev–Trinajstić information content (AvgIpc) is 2.95. The summed E-state index contributed by atoms with van der Waals surface area (Å²) in [7, 11) is 0. The molecule has 0 bridgehead atoms. The van der Waals surface area contributed by atoms with Gasteiger partial charge in [-0.2, -0.15) is 0 Å². The van der Waals surface area contributed by atoms with Crippen molar-refractivity contribution in [3.8, 4) is 0 Å². The van der Waals surface area contributed by atoms with Crippen LogP contribution in [0.4, 0.5) is 14.5 Å². The summed E-state index contributed by atoms with van der Waals surface area (Å²) in [6, 6.07) is 8.65. The second-order valence-electron chi connectivity index (χ2n) is 5.30. The van der Waals surface area contributed by atoms with E-state index in [1.807, 2.05) is 0 Å². The minimum Gasteiger partial charge on any atom is -0.333 e. The lowest BCUT2D eigenvalue weighted by atomic mass is 10.1. The molecule has 0 radical (unpaired) electrons. The Morgan fingerprint density at radius 3 is 2.72 bits per heavy atom. The number of aromatic nitrogens is 2. The van der Waals surface area contributed by atoms with Gasteiger partial charge in [0.25, 0.3) is 0 Å². The monoisotopic (exact) mass is 361 g/mol. The second-order valence-corrected chi connectivity index (χ2v) is 6.26. The predicted octanol–water partition coefficient (Wildman–Crippen LogP) is 3.77. The van der Waals surface area contributed by atoms with E-state index in [1.165, 1.54) is 6.92 Å². The first-order chi connectivity index (χ1) is 11.9. The van der Waals surface area contributed by atoms with Gasteiger partial charge in [-0.15, -0.1) is 0 Å². The third kappa shape index (κ3) is 4.03. The van der Waals surface area contributed by atoms with Crippen molar-refractivity contribution in [2.75, 3.05) is 11.1 Å². The van der Waals surface area contributed by atoms with Crippen molar-refractivity contribution in [1.29, 1.82) is 0 Å². The van der Waals surface area contributed by atoms with Crippen LogP contribution < -0.4 is 5.32 Å². The first kappa shape index (κ1) is 17.1. The van der Waals surface area contributed by atoms with E-state index in [-0.39, 0.29) is 23.0 Å². The molecule has 128 valence electrons. The smallest absolute Gasteiger partial charge is 0.234 e. The number of anilines is 1. The van der Waals surface area contributed by atoms with Gasteiger partial charge in [0.1, 0.15) is 0 Å². The maximum atomic E-state index is 13.2. The molecule has 3 rings (SSSR count). The summed E-state index contributed by atoms with van der Waals surface area (Å²) in [5.74, 6) is -2.26. The molecular weight excluding hydrogens is 348 g/mol. The highest BCUT2D eigenvalue weighted by atomic mass is 32.2. The van der Waals surface area contributed by atoms with Crippen LogP contribution in [0.2, 0.25) is 0 Å². The van der Waals surface area contributed by atoms with E-state index >= 15 is 0 Å². The molecule has 0 aliphatic rings. The van der Waals surface area contributed by atoms with Crippen LogP contribution in [-0.4, -0.2) is 27.4 Å². The average molecular weight is 361 g/mol. The lowest BCUT2D eigenvalue weighted by Crippen LogP contribution is -2.14. The summed E-state index contributed by atoms with van der Waals surface area (Å²) in [6.07, 6.45) is 0. The first-order valence-corrected chi connectivity index (χ1v) is 8.29. The zero-order valence-electron chi connectivity index (χ0n) is 13.1. The van der Waals surface area contributed by atoms with E-state index < -0.39 is 11.6 Å². The fourth-order valence-corrected chi connectivity index (χ4v) is 2.88. The number of fused-ring (bicyclic) bond motifs is 1. The van der Waals surface area contributed by atoms with Crippen LogP contribution in [0.25, 0.3) is 11.0 Å². The second kappa shape index (κ2) is 7.02. The van der Waals surface area contributed by atoms with Gasteiger partial charge in [0.05, 0.1) is 16.8 Å². The molecule has 3 aromatic rings. The van der Waals surface area contributed by atoms with Gasteiger partial charge >= 0.3 is 0 Å². The number of hydrogen-bond acceptors (Lipinski definition) is 4. The summed E-state index contributed by atoms with van der Waals surface area (Å²) in [5.41, 5.74) is 1.67. The Balaban J connectivity index is 1.64. The summed E-state index contributed by atoms with van der Waals surface area (Å²) in [6.45, 7) is 1.45. The number of nitrogens with one attached hydrogen (secondary N) is 2. The van der Waals surface area contributed by atoms with Gasteiger partial charge in [0, 0.05) is 23.4 Å². The predicted molar refractivity (Wildman–Crippen MR) is 91.8 cm³/mol. The molecule has 0 spiro atoms. The van der Waals surface area contributed by atoms with Gasteiger partial charge in [-0.05, 0) is 19.1 Å². The molecule has 8 heteroatoms. The van der Waals surface area contributed by atoms with E-state index in [2.05, 4.69) is 15.3 Å². The van der Waals surface area contributed by atoms with Gasteiger partial charge < -0.3 is 10.3 Å². The summed E-state index contributed by atoms with van der Waals surface area (Å²) in [4.78, 5) is 30.3. The molecule has 0 saturated heterocycles. The Labute approximate surface area is 145 Å². The van der Waals surface area contributed by atoms with Gasteiger partial charge in [-0.25, -0.2) is 13.8 Å². The highest BCUT2D eigenvalue weighted by Gasteiger charge is 2.11. The topological polar surface area (TPSA) is 74.8 Å². The number of halogens is 2. The molecule has 2 N–H and O–H groups in total. The number of aromatic amines is 1. The summed E-state index contributed by atoms with van der Waals surface area (Å²) >= 11 is 1.11. The van der Waals surface area contributed by atoms with Crippen molar-refractivity contribution in [1.82, 2.24) is 9.97 Å². The van der Waals surface area contributed by atoms with Crippen LogP contribution in [-0.2, 0) is 4.79 Å². The molecule has 0 unspecified atom stereocenters. The number of amides is 1.